The molecule has 86 valence electrons. The van der Waals surface area contributed by atoms with Gasteiger partial charge in [0.05, 0.1) is 13.0 Å². The van der Waals surface area contributed by atoms with E-state index < -0.39 is 5.92 Å². The second-order valence-corrected chi connectivity index (χ2v) is 3.83. The Bertz CT molecular complexity index is 370. The van der Waals surface area contributed by atoms with Gasteiger partial charge in [-0.25, -0.2) is 0 Å². The van der Waals surface area contributed by atoms with E-state index in [9.17, 15) is 9.59 Å². The van der Waals surface area contributed by atoms with Crippen molar-refractivity contribution in [2.24, 2.45) is 11.8 Å². The van der Waals surface area contributed by atoms with Gasteiger partial charge in [-0.1, -0.05) is 44.2 Å². The predicted octanol–water partition coefficient (Wildman–Crippen LogP) is 2.31. The molecule has 3 heteroatoms. The summed E-state index contributed by atoms with van der Waals surface area (Å²) in [5, 5.41) is 0. The SMILES string of the molecule is COC(=O)[C@H](C)[C@H](C)C(=O)c1ccccc1. The zero-order valence-corrected chi connectivity index (χ0v) is 9.77. The van der Waals surface area contributed by atoms with E-state index in [0.717, 1.165) is 0 Å². The van der Waals surface area contributed by atoms with Crippen LogP contribution in [0.2, 0.25) is 0 Å². The fourth-order valence-electron chi connectivity index (χ4n) is 1.48. The van der Waals surface area contributed by atoms with Gasteiger partial charge < -0.3 is 4.74 Å². The van der Waals surface area contributed by atoms with Gasteiger partial charge in [-0.05, 0) is 0 Å². The minimum atomic E-state index is -0.419. The Balaban J connectivity index is 2.79. The standard InChI is InChI=1S/C13H16O3/c1-9(10(2)13(15)16-3)12(14)11-7-5-4-6-8-11/h4-10H,1-3H3/t9-,10+/m0/s1. The highest BCUT2D eigenvalue weighted by Gasteiger charge is 2.27. The van der Waals surface area contributed by atoms with Gasteiger partial charge in [0.15, 0.2) is 5.78 Å². The van der Waals surface area contributed by atoms with Crippen molar-refractivity contribution >= 4 is 11.8 Å². The van der Waals surface area contributed by atoms with Crippen LogP contribution in [-0.2, 0) is 9.53 Å². The number of Topliss-reactive ketones (excluding diaryl/α,β-unsaturated/α-hetero) is 1. The summed E-state index contributed by atoms with van der Waals surface area (Å²) in [5.74, 6) is -1.16. The third-order valence-corrected chi connectivity index (χ3v) is 2.79. The first kappa shape index (κ1) is 12.4. The number of ether oxygens (including phenoxy) is 1. The summed E-state index contributed by atoms with van der Waals surface area (Å²) in [7, 11) is 1.33. The molecule has 0 fully saturated rings. The Morgan fingerprint density at radius 1 is 1.06 bits per heavy atom. The number of hydrogen-bond donors (Lipinski definition) is 0. The summed E-state index contributed by atoms with van der Waals surface area (Å²) in [4.78, 5) is 23.3. The van der Waals surface area contributed by atoms with Gasteiger partial charge in [-0.2, -0.15) is 0 Å². The van der Waals surface area contributed by atoms with Gasteiger partial charge in [0.2, 0.25) is 0 Å². The lowest BCUT2D eigenvalue weighted by Crippen LogP contribution is -2.26. The molecule has 0 aliphatic carbocycles. The van der Waals surface area contributed by atoms with Crippen molar-refractivity contribution in [3.63, 3.8) is 0 Å². The van der Waals surface area contributed by atoms with Gasteiger partial charge in [0.1, 0.15) is 0 Å². The van der Waals surface area contributed by atoms with E-state index in [0.29, 0.717) is 5.56 Å². The second-order valence-electron chi connectivity index (χ2n) is 3.83. The van der Waals surface area contributed by atoms with E-state index in [1.165, 1.54) is 7.11 Å². The van der Waals surface area contributed by atoms with Crippen LogP contribution in [0.15, 0.2) is 30.3 Å². The van der Waals surface area contributed by atoms with Crippen molar-refractivity contribution in [2.75, 3.05) is 7.11 Å². The highest BCUT2D eigenvalue weighted by Crippen LogP contribution is 2.18. The Kier molecular flexibility index (Phi) is 4.23. The minimum Gasteiger partial charge on any atom is -0.469 e. The highest BCUT2D eigenvalue weighted by atomic mass is 16.5. The van der Waals surface area contributed by atoms with Crippen LogP contribution in [0.4, 0.5) is 0 Å². The molecule has 1 aromatic carbocycles. The van der Waals surface area contributed by atoms with Crippen molar-refractivity contribution in [2.45, 2.75) is 13.8 Å². The number of carbonyl (C=O) groups is 2. The largest absolute Gasteiger partial charge is 0.469 e. The van der Waals surface area contributed by atoms with Crippen molar-refractivity contribution in [3.8, 4) is 0 Å². The first-order chi connectivity index (χ1) is 7.57. The molecule has 0 aromatic heterocycles. The summed E-state index contributed by atoms with van der Waals surface area (Å²) in [6.45, 7) is 3.45. The molecule has 0 spiro atoms. The average molecular weight is 220 g/mol. The van der Waals surface area contributed by atoms with Gasteiger partial charge in [-0.15, -0.1) is 0 Å². The van der Waals surface area contributed by atoms with Crippen LogP contribution < -0.4 is 0 Å². The van der Waals surface area contributed by atoms with E-state index in [1.54, 1.807) is 26.0 Å². The molecule has 0 bridgehead atoms. The van der Waals surface area contributed by atoms with Crippen LogP contribution >= 0.6 is 0 Å². The average Bonchev–Trinajstić information content (AvgIpc) is 2.36. The first-order valence-corrected chi connectivity index (χ1v) is 5.25. The lowest BCUT2D eigenvalue weighted by Gasteiger charge is -2.16. The van der Waals surface area contributed by atoms with Crippen LogP contribution in [0, 0.1) is 11.8 Å². The Morgan fingerprint density at radius 2 is 1.62 bits per heavy atom. The van der Waals surface area contributed by atoms with E-state index in [4.69, 9.17) is 0 Å². The fourth-order valence-corrected chi connectivity index (χ4v) is 1.48. The predicted molar refractivity (Wildman–Crippen MR) is 61.1 cm³/mol. The number of benzene rings is 1. The maximum absolute atomic E-state index is 12.0. The van der Waals surface area contributed by atoms with Gasteiger partial charge in [0.25, 0.3) is 0 Å². The zero-order chi connectivity index (χ0) is 12.1. The first-order valence-electron chi connectivity index (χ1n) is 5.25. The number of esters is 1. The Morgan fingerprint density at radius 3 is 2.12 bits per heavy atom. The Hall–Kier alpha value is -1.64. The number of ketones is 1. The normalized spacial score (nSPS) is 13.9. The van der Waals surface area contributed by atoms with Gasteiger partial charge in [-0.3, -0.25) is 9.59 Å². The van der Waals surface area contributed by atoms with Crippen LogP contribution in [-0.4, -0.2) is 18.9 Å². The molecule has 1 rings (SSSR count). The molecule has 0 unspecified atom stereocenters. The van der Waals surface area contributed by atoms with Crippen LogP contribution in [0.1, 0.15) is 24.2 Å². The van der Waals surface area contributed by atoms with E-state index in [2.05, 4.69) is 4.74 Å². The molecular formula is C13H16O3. The molecule has 16 heavy (non-hydrogen) atoms. The second kappa shape index (κ2) is 5.45. The van der Waals surface area contributed by atoms with E-state index >= 15 is 0 Å². The van der Waals surface area contributed by atoms with Crippen LogP contribution in [0.25, 0.3) is 0 Å². The zero-order valence-electron chi connectivity index (χ0n) is 9.77. The molecule has 2 atom stereocenters. The van der Waals surface area contributed by atoms with Crippen molar-refractivity contribution in [1.82, 2.24) is 0 Å². The number of methoxy groups -OCH3 is 1. The lowest BCUT2D eigenvalue weighted by molar-refractivity contribution is -0.145. The molecule has 0 saturated heterocycles. The molecule has 0 heterocycles. The third-order valence-electron chi connectivity index (χ3n) is 2.79. The summed E-state index contributed by atoms with van der Waals surface area (Å²) in [5.41, 5.74) is 0.630. The van der Waals surface area contributed by atoms with Crippen molar-refractivity contribution < 1.29 is 14.3 Å². The summed E-state index contributed by atoms with van der Waals surface area (Å²) in [6.07, 6.45) is 0. The van der Waals surface area contributed by atoms with Crippen LogP contribution in [0.5, 0.6) is 0 Å². The lowest BCUT2D eigenvalue weighted by atomic mass is 9.88. The Labute approximate surface area is 95.4 Å². The van der Waals surface area contributed by atoms with Crippen molar-refractivity contribution in [3.05, 3.63) is 35.9 Å². The number of carbonyl (C=O) groups excluding carboxylic acids is 2. The maximum atomic E-state index is 12.0. The molecule has 0 radical (unpaired) electrons. The fraction of sp³-hybridized carbons (Fsp3) is 0.385. The van der Waals surface area contributed by atoms with Crippen LogP contribution in [0.3, 0.4) is 0 Å². The topological polar surface area (TPSA) is 43.4 Å². The van der Waals surface area contributed by atoms with Gasteiger partial charge >= 0.3 is 5.97 Å². The molecule has 3 nitrogen and oxygen atoms in total. The molecule has 0 aliphatic heterocycles. The molecule has 0 aliphatic rings. The number of rotatable bonds is 4. The summed E-state index contributed by atoms with van der Waals surface area (Å²) < 4.78 is 4.63. The molecule has 0 N–H and O–H groups in total. The van der Waals surface area contributed by atoms with Gasteiger partial charge in [0, 0.05) is 11.5 Å². The molecule has 0 saturated carbocycles. The monoisotopic (exact) mass is 220 g/mol. The smallest absolute Gasteiger partial charge is 0.309 e. The highest BCUT2D eigenvalue weighted by molar-refractivity contribution is 5.99. The maximum Gasteiger partial charge on any atom is 0.309 e. The number of hydrogen-bond acceptors (Lipinski definition) is 3. The third kappa shape index (κ3) is 2.69. The quantitative estimate of drug-likeness (QED) is 0.577. The van der Waals surface area contributed by atoms with E-state index in [-0.39, 0.29) is 17.7 Å². The summed E-state index contributed by atoms with van der Waals surface area (Å²) in [6, 6.07) is 8.97. The van der Waals surface area contributed by atoms with E-state index in [1.807, 2.05) is 18.2 Å². The summed E-state index contributed by atoms with van der Waals surface area (Å²) >= 11 is 0. The van der Waals surface area contributed by atoms with Crippen molar-refractivity contribution in [1.29, 1.82) is 0 Å². The minimum absolute atomic E-state index is 0.0292. The molecule has 0 amide bonds. The molecular weight excluding hydrogens is 204 g/mol. The molecule has 1 aromatic rings.